The third-order valence-electron chi connectivity index (χ3n) is 4.91. The molecule has 1 amide bonds. The lowest BCUT2D eigenvalue weighted by molar-refractivity contribution is -0.143. The Labute approximate surface area is 216 Å². The Morgan fingerprint density at radius 2 is 1.79 bits per heavy atom. The van der Waals surface area contributed by atoms with Gasteiger partial charge in [0.1, 0.15) is 11.6 Å². The summed E-state index contributed by atoms with van der Waals surface area (Å²) >= 11 is 1.19. The molecule has 0 aliphatic heterocycles. The Bertz CT molecular complexity index is 1370. The lowest BCUT2D eigenvalue weighted by atomic mass is 10.0. The van der Waals surface area contributed by atoms with Crippen LogP contribution in [0.1, 0.15) is 27.3 Å². The molecule has 0 unspecified atom stereocenters. The fraction of sp³-hybridized carbons (Fsp3) is 0.250. The van der Waals surface area contributed by atoms with E-state index < -0.39 is 41.6 Å². The van der Waals surface area contributed by atoms with Gasteiger partial charge < -0.3 is 9.47 Å². The molecule has 0 fully saturated rings. The molecule has 0 saturated carbocycles. The van der Waals surface area contributed by atoms with Crippen molar-refractivity contribution in [1.82, 2.24) is 10.2 Å². The molecule has 3 rings (SSSR count). The molecule has 0 spiro atoms. The van der Waals surface area contributed by atoms with Gasteiger partial charge in [-0.05, 0) is 42.8 Å². The quantitative estimate of drug-likeness (QED) is 0.202. The molecule has 0 atom stereocenters. The Balaban J connectivity index is 1.84. The molecule has 0 saturated heterocycles. The van der Waals surface area contributed by atoms with Crippen molar-refractivity contribution in [3.63, 3.8) is 0 Å². The number of methoxy groups -OCH3 is 1. The number of alkyl halides is 6. The third kappa shape index (κ3) is 7.31. The minimum atomic E-state index is -5.02. The van der Waals surface area contributed by atoms with Crippen molar-refractivity contribution in [3.8, 4) is 11.5 Å². The highest BCUT2D eigenvalue weighted by atomic mass is 32.1. The number of aliphatic imine (C=N–C) groups is 1. The molecule has 1 heterocycles. The van der Waals surface area contributed by atoms with Crippen LogP contribution in [0.25, 0.3) is 6.08 Å². The number of carbonyl (C=O) groups is 1. The number of hydrogen-bond donors (Lipinski definition) is 1. The fourth-order valence-corrected chi connectivity index (χ4v) is 3.77. The van der Waals surface area contributed by atoms with Crippen LogP contribution in [0.5, 0.6) is 11.5 Å². The smallest absolute Gasteiger partial charge is 0.416 e. The lowest BCUT2D eigenvalue weighted by Crippen LogP contribution is -2.15. The number of anilines is 1. The molecule has 14 heteroatoms. The number of aryl methyl sites for hydroxylation is 1. The van der Waals surface area contributed by atoms with E-state index in [0.29, 0.717) is 21.8 Å². The second kappa shape index (κ2) is 11.6. The van der Waals surface area contributed by atoms with Gasteiger partial charge in [0.05, 0.1) is 23.8 Å². The Morgan fingerprint density at radius 3 is 2.37 bits per heavy atom. The highest BCUT2D eigenvalue weighted by Crippen LogP contribution is 2.38. The highest BCUT2D eigenvalue weighted by molar-refractivity contribution is 7.15. The molecule has 0 radical (unpaired) electrons. The van der Waals surface area contributed by atoms with Gasteiger partial charge in [-0.1, -0.05) is 23.5 Å². The van der Waals surface area contributed by atoms with E-state index in [1.165, 1.54) is 56.0 Å². The topological polar surface area (TPSA) is 85.7 Å². The maximum absolute atomic E-state index is 13.4. The zero-order valence-electron chi connectivity index (χ0n) is 20.1. The SMILES string of the molecule is CN=C/C(=C/c1ccc(OCc2ccc(C(F)(F)F)cc2C(F)(F)F)c(OC)c1)C(=O)Nc1nnc(C)s1. The van der Waals surface area contributed by atoms with Crippen LogP contribution < -0.4 is 14.8 Å². The molecule has 2 aromatic carbocycles. The van der Waals surface area contributed by atoms with Gasteiger partial charge in [-0.15, -0.1) is 10.2 Å². The summed E-state index contributed by atoms with van der Waals surface area (Å²) in [7, 11) is 2.78. The molecule has 0 aliphatic carbocycles. The van der Waals surface area contributed by atoms with E-state index in [1.807, 2.05) is 0 Å². The van der Waals surface area contributed by atoms with E-state index in [9.17, 15) is 31.1 Å². The van der Waals surface area contributed by atoms with Gasteiger partial charge in [0.25, 0.3) is 5.91 Å². The van der Waals surface area contributed by atoms with Crippen molar-refractivity contribution in [1.29, 1.82) is 0 Å². The second-order valence-corrected chi connectivity index (χ2v) is 8.82. The van der Waals surface area contributed by atoms with Gasteiger partial charge in [0, 0.05) is 18.8 Å². The fourth-order valence-electron chi connectivity index (χ4n) is 3.19. The molecule has 202 valence electrons. The molecular formula is C24H20F6N4O3S. The number of amides is 1. The minimum absolute atomic E-state index is 0.0390. The highest BCUT2D eigenvalue weighted by Gasteiger charge is 2.38. The summed E-state index contributed by atoms with van der Waals surface area (Å²) in [6, 6.07) is 5.72. The number of halogens is 6. The Morgan fingerprint density at radius 1 is 1.05 bits per heavy atom. The van der Waals surface area contributed by atoms with Crippen LogP contribution in [0.15, 0.2) is 47.0 Å². The monoisotopic (exact) mass is 558 g/mol. The zero-order chi connectivity index (χ0) is 28.1. The number of nitrogens with one attached hydrogen (secondary N) is 1. The van der Waals surface area contributed by atoms with Crippen LogP contribution in [0.3, 0.4) is 0 Å². The van der Waals surface area contributed by atoms with E-state index >= 15 is 0 Å². The van der Waals surface area contributed by atoms with Crippen molar-refractivity contribution in [3.05, 3.63) is 69.2 Å². The average Bonchev–Trinajstić information content (AvgIpc) is 3.25. The molecular weight excluding hydrogens is 538 g/mol. The van der Waals surface area contributed by atoms with Gasteiger partial charge in [-0.2, -0.15) is 26.3 Å². The van der Waals surface area contributed by atoms with E-state index in [2.05, 4.69) is 20.5 Å². The first-order valence-corrected chi connectivity index (χ1v) is 11.5. The van der Waals surface area contributed by atoms with Gasteiger partial charge in [-0.25, -0.2) is 0 Å². The first kappa shape index (κ1) is 28.6. The number of nitrogens with zero attached hydrogens (tertiary/aromatic N) is 3. The van der Waals surface area contributed by atoms with Crippen LogP contribution in [-0.2, 0) is 23.8 Å². The van der Waals surface area contributed by atoms with Crippen LogP contribution in [0.2, 0.25) is 0 Å². The molecule has 38 heavy (non-hydrogen) atoms. The summed E-state index contributed by atoms with van der Waals surface area (Å²) < 4.78 is 89.7. The summed E-state index contributed by atoms with van der Waals surface area (Å²) in [4.78, 5) is 16.5. The lowest BCUT2D eigenvalue weighted by Gasteiger charge is -2.17. The molecule has 1 N–H and O–H groups in total. The minimum Gasteiger partial charge on any atom is -0.493 e. The summed E-state index contributed by atoms with van der Waals surface area (Å²) in [5.74, 6) is -0.350. The van der Waals surface area contributed by atoms with E-state index in [0.717, 1.165) is 6.07 Å². The number of benzene rings is 2. The number of rotatable bonds is 8. The molecule has 3 aromatic rings. The van der Waals surface area contributed by atoms with Crippen molar-refractivity contribution in [2.24, 2.45) is 4.99 Å². The standard InChI is InChI=1S/C24H20F6N4O3S/c1-13-33-34-22(38-13)32-21(35)16(11-31-2)8-14-4-7-19(20(9-14)36-3)37-12-15-5-6-17(23(25,26)27)10-18(15)24(28,29)30/h4-11H,12H2,1-3H3,(H,32,34,35)/b16-8-,31-11?. The first-order valence-electron chi connectivity index (χ1n) is 10.6. The van der Waals surface area contributed by atoms with Gasteiger partial charge in [0.2, 0.25) is 5.13 Å². The maximum Gasteiger partial charge on any atom is 0.416 e. The summed E-state index contributed by atoms with van der Waals surface area (Å²) in [6.45, 7) is 1.06. The number of ether oxygens (including phenoxy) is 2. The van der Waals surface area contributed by atoms with Gasteiger partial charge in [0.15, 0.2) is 11.5 Å². The van der Waals surface area contributed by atoms with Crippen LogP contribution in [0.4, 0.5) is 31.5 Å². The predicted octanol–water partition coefficient (Wildman–Crippen LogP) is 6.19. The van der Waals surface area contributed by atoms with Crippen molar-refractivity contribution >= 4 is 34.7 Å². The Kier molecular flexibility index (Phi) is 8.76. The van der Waals surface area contributed by atoms with E-state index in [-0.39, 0.29) is 23.1 Å². The van der Waals surface area contributed by atoms with Crippen LogP contribution >= 0.6 is 11.3 Å². The first-order chi connectivity index (χ1) is 17.8. The number of carbonyl (C=O) groups excluding carboxylic acids is 1. The summed E-state index contributed by atoms with van der Waals surface area (Å²) in [5.41, 5.74) is -2.72. The summed E-state index contributed by atoms with van der Waals surface area (Å²) in [6.07, 6.45) is -7.15. The predicted molar refractivity (Wildman–Crippen MR) is 129 cm³/mol. The molecule has 1 aromatic heterocycles. The van der Waals surface area contributed by atoms with Gasteiger partial charge >= 0.3 is 12.4 Å². The largest absolute Gasteiger partial charge is 0.493 e. The van der Waals surface area contributed by atoms with Crippen molar-refractivity contribution < 1.29 is 40.6 Å². The van der Waals surface area contributed by atoms with E-state index in [1.54, 1.807) is 6.92 Å². The van der Waals surface area contributed by atoms with E-state index in [4.69, 9.17) is 9.47 Å². The zero-order valence-corrected chi connectivity index (χ0v) is 20.9. The normalized spacial score (nSPS) is 12.6. The Hall–Kier alpha value is -3.94. The third-order valence-corrected chi connectivity index (χ3v) is 5.67. The summed E-state index contributed by atoms with van der Waals surface area (Å²) in [5, 5.41) is 11.2. The molecule has 0 bridgehead atoms. The maximum atomic E-state index is 13.4. The number of aromatic nitrogens is 2. The van der Waals surface area contributed by atoms with Gasteiger partial charge in [-0.3, -0.25) is 15.1 Å². The molecule has 7 nitrogen and oxygen atoms in total. The molecule has 0 aliphatic rings. The second-order valence-electron chi connectivity index (χ2n) is 7.63. The van der Waals surface area contributed by atoms with Crippen LogP contribution in [-0.4, -0.2) is 36.5 Å². The van der Waals surface area contributed by atoms with Crippen LogP contribution in [0, 0.1) is 6.92 Å². The number of hydrogen-bond acceptors (Lipinski definition) is 7. The van der Waals surface area contributed by atoms with Crippen molar-refractivity contribution in [2.75, 3.05) is 19.5 Å². The van der Waals surface area contributed by atoms with Crippen molar-refractivity contribution in [2.45, 2.75) is 25.9 Å². The average molecular weight is 559 g/mol.